The van der Waals surface area contributed by atoms with E-state index in [2.05, 4.69) is 6.92 Å². The van der Waals surface area contributed by atoms with Gasteiger partial charge in [0, 0.05) is 14.1 Å². The smallest absolute Gasteiger partial charge is 0.245 e. The zero-order valence-corrected chi connectivity index (χ0v) is 11.2. The van der Waals surface area contributed by atoms with E-state index >= 15 is 0 Å². The molecule has 0 atom stereocenters. The molecule has 94 valence electrons. The number of likely N-dealkylation sites (N-methyl/N-ethyl adjacent to an activating group) is 1. The number of rotatable bonds is 9. The van der Waals surface area contributed by atoms with Gasteiger partial charge >= 0.3 is 0 Å². The van der Waals surface area contributed by atoms with Crippen molar-refractivity contribution < 1.29 is 4.79 Å². The van der Waals surface area contributed by atoms with Crippen LogP contribution in [0.3, 0.4) is 0 Å². The Bertz CT molecular complexity index is 197. The topological polar surface area (TPSA) is 20.3 Å². The van der Waals surface area contributed by atoms with Gasteiger partial charge in [-0.3, -0.25) is 4.79 Å². The Hall–Kier alpha value is -0.790. The molecule has 0 N–H and O–H groups in total. The number of amides is 1. The van der Waals surface area contributed by atoms with E-state index in [0.717, 1.165) is 6.42 Å². The van der Waals surface area contributed by atoms with E-state index in [1.165, 1.54) is 44.9 Å². The van der Waals surface area contributed by atoms with Crippen LogP contribution in [0.5, 0.6) is 0 Å². The number of allylic oxidation sites excluding steroid dienone is 1. The molecule has 1 amide bonds. The first-order valence-corrected chi connectivity index (χ1v) is 6.56. The fraction of sp³-hybridized carbons (Fsp3) is 0.786. The van der Waals surface area contributed by atoms with Gasteiger partial charge in [-0.25, -0.2) is 0 Å². The minimum absolute atomic E-state index is 0.0861. The summed E-state index contributed by atoms with van der Waals surface area (Å²) in [6.07, 6.45) is 14.0. The highest BCUT2D eigenvalue weighted by atomic mass is 16.2. The summed E-state index contributed by atoms with van der Waals surface area (Å²) in [4.78, 5) is 12.8. The maximum Gasteiger partial charge on any atom is 0.245 e. The fourth-order valence-electron chi connectivity index (χ4n) is 1.55. The summed E-state index contributed by atoms with van der Waals surface area (Å²) in [5, 5.41) is 0. The standard InChI is InChI=1S/C14H27NO/c1-4-5-6-7-8-9-10-11-12-13-14(16)15(2)3/h12-13H,4-11H2,1-3H3/b13-12+. The van der Waals surface area contributed by atoms with Crippen molar-refractivity contribution >= 4 is 5.91 Å². The van der Waals surface area contributed by atoms with Gasteiger partial charge in [0.1, 0.15) is 0 Å². The van der Waals surface area contributed by atoms with Crippen molar-refractivity contribution in [2.75, 3.05) is 14.1 Å². The first-order valence-electron chi connectivity index (χ1n) is 6.56. The van der Waals surface area contributed by atoms with Gasteiger partial charge in [-0.2, -0.15) is 0 Å². The van der Waals surface area contributed by atoms with Crippen LogP contribution in [0.4, 0.5) is 0 Å². The van der Waals surface area contributed by atoms with Crippen molar-refractivity contribution in [1.29, 1.82) is 0 Å². The quantitative estimate of drug-likeness (QED) is 0.432. The van der Waals surface area contributed by atoms with Crippen molar-refractivity contribution in [1.82, 2.24) is 4.90 Å². The molecule has 0 spiro atoms. The summed E-state index contributed by atoms with van der Waals surface area (Å²) in [6.45, 7) is 2.24. The average Bonchev–Trinajstić information content (AvgIpc) is 2.26. The third-order valence-corrected chi connectivity index (χ3v) is 2.68. The van der Waals surface area contributed by atoms with Crippen LogP contribution >= 0.6 is 0 Å². The van der Waals surface area contributed by atoms with Gasteiger partial charge in [0.2, 0.25) is 5.91 Å². The lowest BCUT2D eigenvalue weighted by Crippen LogP contribution is -2.18. The summed E-state index contributed by atoms with van der Waals surface area (Å²) in [6, 6.07) is 0. The number of unbranched alkanes of at least 4 members (excludes halogenated alkanes) is 7. The van der Waals surface area contributed by atoms with Crippen LogP contribution in [-0.4, -0.2) is 24.9 Å². The van der Waals surface area contributed by atoms with Gasteiger partial charge < -0.3 is 4.90 Å². The van der Waals surface area contributed by atoms with Crippen molar-refractivity contribution in [2.24, 2.45) is 0 Å². The van der Waals surface area contributed by atoms with E-state index < -0.39 is 0 Å². The Morgan fingerprint density at radius 2 is 1.56 bits per heavy atom. The third-order valence-electron chi connectivity index (χ3n) is 2.68. The Kier molecular flexibility index (Phi) is 10.2. The number of hydrogen-bond donors (Lipinski definition) is 0. The summed E-state index contributed by atoms with van der Waals surface area (Å²) in [5.41, 5.74) is 0. The predicted octanol–water partition coefficient (Wildman–Crippen LogP) is 3.77. The molecular weight excluding hydrogens is 198 g/mol. The molecule has 0 saturated heterocycles. The van der Waals surface area contributed by atoms with E-state index in [1.807, 2.05) is 6.08 Å². The molecule has 0 aliphatic rings. The molecule has 2 nitrogen and oxygen atoms in total. The highest BCUT2D eigenvalue weighted by molar-refractivity contribution is 5.86. The third kappa shape index (κ3) is 9.75. The predicted molar refractivity (Wildman–Crippen MR) is 70.4 cm³/mol. The van der Waals surface area contributed by atoms with Crippen LogP contribution in [0.1, 0.15) is 58.3 Å². The van der Waals surface area contributed by atoms with Gasteiger partial charge in [-0.15, -0.1) is 0 Å². The van der Waals surface area contributed by atoms with Crippen molar-refractivity contribution in [3.05, 3.63) is 12.2 Å². The second-order valence-corrected chi connectivity index (χ2v) is 4.55. The van der Waals surface area contributed by atoms with Crippen LogP contribution in [0.15, 0.2) is 12.2 Å². The van der Waals surface area contributed by atoms with Crippen LogP contribution in [0.25, 0.3) is 0 Å². The largest absolute Gasteiger partial charge is 0.345 e. The van der Waals surface area contributed by atoms with Crippen LogP contribution in [0, 0.1) is 0 Å². The first kappa shape index (κ1) is 15.2. The molecule has 0 aliphatic heterocycles. The number of carbonyl (C=O) groups is 1. The van der Waals surface area contributed by atoms with Crippen LogP contribution < -0.4 is 0 Å². The second-order valence-electron chi connectivity index (χ2n) is 4.55. The lowest BCUT2D eigenvalue weighted by atomic mass is 10.1. The summed E-state index contributed by atoms with van der Waals surface area (Å²) < 4.78 is 0. The molecule has 0 radical (unpaired) electrons. The molecule has 0 aliphatic carbocycles. The minimum Gasteiger partial charge on any atom is -0.345 e. The molecule has 16 heavy (non-hydrogen) atoms. The number of nitrogens with zero attached hydrogens (tertiary/aromatic N) is 1. The van der Waals surface area contributed by atoms with Gasteiger partial charge in [0.05, 0.1) is 0 Å². The Morgan fingerprint density at radius 1 is 1.00 bits per heavy atom. The summed E-state index contributed by atoms with van der Waals surface area (Å²) >= 11 is 0. The van der Waals surface area contributed by atoms with Crippen LogP contribution in [0.2, 0.25) is 0 Å². The molecule has 0 aromatic carbocycles. The molecule has 0 aromatic heterocycles. The maximum atomic E-state index is 11.2. The minimum atomic E-state index is 0.0861. The lowest BCUT2D eigenvalue weighted by molar-refractivity contribution is -0.123. The normalized spacial score (nSPS) is 10.9. The Labute approximate surface area is 101 Å². The Balaban J connectivity index is 3.24. The molecule has 0 rings (SSSR count). The zero-order chi connectivity index (χ0) is 12.2. The summed E-state index contributed by atoms with van der Waals surface area (Å²) in [7, 11) is 3.56. The number of carbonyl (C=O) groups excluding carboxylic acids is 1. The SMILES string of the molecule is CCCCCCCCC/C=C/C(=O)N(C)C. The lowest BCUT2D eigenvalue weighted by Gasteiger charge is -2.04. The van der Waals surface area contributed by atoms with Gasteiger partial charge in [-0.05, 0) is 18.9 Å². The monoisotopic (exact) mass is 225 g/mol. The van der Waals surface area contributed by atoms with E-state index in [1.54, 1.807) is 25.1 Å². The summed E-state index contributed by atoms with van der Waals surface area (Å²) in [5.74, 6) is 0.0861. The van der Waals surface area contributed by atoms with E-state index in [4.69, 9.17) is 0 Å². The molecule has 0 heterocycles. The molecule has 0 bridgehead atoms. The average molecular weight is 225 g/mol. The van der Waals surface area contributed by atoms with Gasteiger partial charge in [-0.1, -0.05) is 51.5 Å². The first-order chi connectivity index (χ1) is 7.68. The second kappa shape index (κ2) is 10.7. The van der Waals surface area contributed by atoms with Gasteiger partial charge in [0.25, 0.3) is 0 Å². The highest BCUT2D eigenvalue weighted by Gasteiger charge is 1.95. The maximum absolute atomic E-state index is 11.2. The van der Waals surface area contributed by atoms with E-state index in [-0.39, 0.29) is 5.91 Å². The molecule has 0 fully saturated rings. The Morgan fingerprint density at radius 3 is 2.12 bits per heavy atom. The molecule has 0 saturated carbocycles. The van der Waals surface area contributed by atoms with E-state index in [0.29, 0.717) is 0 Å². The fourth-order valence-corrected chi connectivity index (χ4v) is 1.55. The van der Waals surface area contributed by atoms with Crippen molar-refractivity contribution in [2.45, 2.75) is 58.3 Å². The van der Waals surface area contributed by atoms with Crippen molar-refractivity contribution in [3.63, 3.8) is 0 Å². The molecule has 0 aromatic rings. The highest BCUT2D eigenvalue weighted by Crippen LogP contribution is 2.08. The van der Waals surface area contributed by atoms with Gasteiger partial charge in [0.15, 0.2) is 0 Å². The van der Waals surface area contributed by atoms with Crippen LogP contribution in [-0.2, 0) is 4.79 Å². The molecular formula is C14H27NO. The zero-order valence-electron chi connectivity index (χ0n) is 11.2. The van der Waals surface area contributed by atoms with Crippen molar-refractivity contribution in [3.8, 4) is 0 Å². The molecule has 2 heteroatoms. The van der Waals surface area contributed by atoms with E-state index in [9.17, 15) is 4.79 Å². The molecule has 0 unspecified atom stereocenters. The number of hydrogen-bond acceptors (Lipinski definition) is 1.